The Morgan fingerprint density at radius 1 is 1.46 bits per heavy atom. The van der Waals surface area contributed by atoms with Gasteiger partial charge in [0.05, 0.1) is 12.8 Å². The van der Waals surface area contributed by atoms with E-state index in [-0.39, 0.29) is 16.8 Å². The Kier molecular flexibility index (Phi) is 5.42. The third-order valence-corrected chi connectivity index (χ3v) is 6.06. The lowest BCUT2D eigenvalue weighted by molar-refractivity contribution is 0.181. The Hall–Kier alpha value is -1.93. The Morgan fingerprint density at radius 3 is 2.93 bits per heavy atom. The van der Waals surface area contributed by atoms with Crippen molar-refractivity contribution >= 4 is 38.9 Å². The van der Waals surface area contributed by atoms with Gasteiger partial charge in [-0.15, -0.1) is 5.10 Å². The first-order valence-electron chi connectivity index (χ1n) is 8.93. The van der Waals surface area contributed by atoms with Gasteiger partial charge < -0.3 is 9.73 Å². The van der Waals surface area contributed by atoms with E-state index in [9.17, 15) is 8.78 Å². The third kappa shape index (κ3) is 3.55. The fraction of sp³-hybridized carbons (Fsp3) is 0.368. The molecule has 0 saturated heterocycles. The second kappa shape index (κ2) is 7.83. The molecule has 0 aromatic carbocycles. The lowest BCUT2D eigenvalue weighted by Crippen LogP contribution is -2.09. The zero-order chi connectivity index (χ0) is 19.8. The summed E-state index contributed by atoms with van der Waals surface area (Å²) in [7, 11) is 0. The predicted octanol–water partition coefficient (Wildman–Crippen LogP) is 6.12. The van der Waals surface area contributed by atoms with E-state index >= 15 is 0 Å². The van der Waals surface area contributed by atoms with Crippen LogP contribution in [0.2, 0.25) is 5.28 Å². The highest BCUT2D eigenvalue weighted by Crippen LogP contribution is 2.42. The number of allylic oxidation sites excluding steroid dienone is 2. The van der Waals surface area contributed by atoms with Crippen LogP contribution >= 0.6 is 27.5 Å². The number of alkyl halides is 2. The quantitative estimate of drug-likeness (QED) is 0.456. The molecule has 0 radical (unpaired) electrons. The minimum absolute atomic E-state index is 0.111. The molecule has 3 heterocycles. The van der Waals surface area contributed by atoms with Crippen LogP contribution in [0.5, 0.6) is 0 Å². The summed E-state index contributed by atoms with van der Waals surface area (Å²) in [6.07, 6.45) is 2.55. The first-order chi connectivity index (χ1) is 13.5. The van der Waals surface area contributed by atoms with E-state index in [4.69, 9.17) is 16.0 Å². The molecule has 0 saturated carbocycles. The van der Waals surface area contributed by atoms with Gasteiger partial charge in [0.2, 0.25) is 5.28 Å². The Bertz CT molecular complexity index is 1030. The maximum Gasteiger partial charge on any atom is 0.259 e. The first-order valence-corrected chi connectivity index (χ1v) is 10.1. The van der Waals surface area contributed by atoms with Gasteiger partial charge in [-0.25, -0.2) is 13.3 Å². The van der Waals surface area contributed by atoms with Gasteiger partial charge in [-0.3, -0.25) is 0 Å². The number of anilines is 1. The molecule has 148 valence electrons. The van der Waals surface area contributed by atoms with Crippen LogP contribution in [-0.4, -0.2) is 21.0 Å². The molecule has 1 unspecified atom stereocenters. The summed E-state index contributed by atoms with van der Waals surface area (Å²) in [6.45, 7) is 2.45. The van der Waals surface area contributed by atoms with Crippen molar-refractivity contribution in [1.29, 1.82) is 0 Å². The number of aryl methyl sites for hydroxylation is 1. The van der Waals surface area contributed by atoms with Gasteiger partial charge in [-0.2, -0.15) is 4.98 Å². The number of nitrogens with zero attached hydrogens (tertiary/aromatic N) is 3. The second-order valence-electron chi connectivity index (χ2n) is 6.80. The zero-order valence-electron chi connectivity index (χ0n) is 15.1. The van der Waals surface area contributed by atoms with Gasteiger partial charge in [0, 0.05) is 0 Å². The number of fused-ring (bicyclic) bond motifs is 1. The minimum Gasteiger partial charge on any atom is -0.467 e. The molecule has 0 aliphatic heterocycles. The summed E-state index contributed by atoms with van der Waals surface area (Å²) in [4.78, 5) is 4.35. The van der Waals surface area contributed by atoms with Crippen LogP contribution in [0.3, 0.4) is 0 Å². The van der Waals surface area contributed by atoms with Crippen molar-refractivity contribution in [3.63, 3.8) is 0 Å². The van der Waals surface area contributed by atoms with Gasteiger partial charge in [-0.05, 0) is 88.5 Å². The summed E-state index contributed by atoms with van der Waals surface area (Å²) >= 11 is 9.78. The highest BCUT2D eigenvalue weighted by molar-refractivity contribution is 9.10. The molecule has 1 aliphatic carbocycles. The van der Waals surface area contributed by atoms with Crippen LogP contribution in [0.25, 0.3) is 5.52 Å². The Morgan fingerprint density at radius 2 is 2.29 bits per heavy atom. The molecule has 3 aromatic heterocycles. The third-order valence-electron chi connectivity index (χ3n) is 5.13. The molecular formula is C19H18BrClF2N4O. The van der Waals surface area contributed by atoms with Crippen molar-refractivity contribution in [1.82, 2.24) is 14.6 Å². The largest absolute Gasteiger partial charge is 0.467 e. The zero-order valence-corrected chi connectivity index (χ0v) is 17.4. The molecule has 1 N–H and O–H groups in total. The van der Waals surface area contributed by atoms with E-state index in [1.165, 1.54) is 0 Å². The van der Waals surface area contributed by atoms with Gasteiger partial charge in [0.1, 0.15) is 15.9 Å². The molecule has 5 nitrogen and oxygen atoms in total. The fourth-order valence-electron chi connectivity index (χ4n) is 3.77. The van der Waals surface area contributed by atoms with Crippen molar-refractivity contribution in [2.45, 2.75) is 45.1 Å². The van der Waals surface area contributed by atoms with E-state index in [2.05, 4.69) is 31.3 Å². The van der Waals surface area contributed by atoms with Crippen molar-refractivity contribution in [3.05, 3.63) is 56.8 Å². The van der Waals surface area contributed by atoms with E-state index in [0.29, 0.717) is 31.6 Å². The molecule has 4 rings (SSSR count). The number of aromatic nitrogens is 3. The summed E-state index contributed by atoms with van der Waals surface area (Å²) < 4.78 is 33.7. The summed E-state index contributed by atoms with van der Waals surface area (Å²) in [5, 5.41) is 7.69. The van der Waals surface area contributed by atoms with E-state index < -0.39 is 6.43 Å². The highest BCUT2D eigenvalue weighted by atomic mass is 79.9. The average Bonchev–Trinajstić information content (AvgIpc) is 3.27. The Labute approximate surface area is 173 Å². The molecule has 1 atom stereocenters. The molecule has 3 aromatic rings. The van der Waals surface area contributed by atoms with Gasteiger partial charge in [-0.1, -0.05) is 6.08 Å². The van der Waals surface area contributed by atoms with Crippen molar-refractivity contribution in [2.24, 2.45) is 0 Å². The summed E-state index contributed by atoms with van der Waals surface area (Å²) in [5.74, 6) is 1.50. The average molecular weight is 472 g/mol. The number of halogens is 4. The summed E-state index contributed by atoms with van der Waals surface area (Å²) in [5.41, 5.74) is 3.10. The Balaban J connectivity index is 1.72. The van der Waals surface area contributed by atoms with Crippen LogP contribution < -0.4 is 5.32 Å². The van der Waals surface area contributed by atoms with Gasteiger partial charge >= 0.3 is 0 Å². The molecule has 0 fully saturated rings. The standard InChI is InChI=1S/C19H18BrClF2N4O/c1-10-14(11-4-6-12(7-5-11)17(22)23)16(20)27-15(10)18(25-19(21)26-27)24-9-13-3-2-8-28-13/h2-3,6,8,11,17H,4-5,7,9H2,1H3,(H,24,25,26). The van der Waals surface area contributed by atoms with Crippen molar-refractivity contribution in [2.75, 3.05) is 5.32 Å². The highest BCUT2D eigenvalue weighted by Gasteiger charge is 2.28. The molecule has 9 heteroatoms. The van der Waals surface area contributed by atoms with Gasteiger partial charge in [0.15, 0.2) is 5.82 Å². The maximum atomic E-state index is 12.9. The molecule has 0 spiro atoms. The monoisotopic (exact) mass is 470 g/mol. The number of hydrogen-bond acceptors (Lipinski definition) is 4. The first kappa shape index (κ1) is 19.4. The van der Waals surface area contributed by atoms with Crippen LogP contribution in [0, 0.1) is 6.92 Å². The second-order valence-corrected chi connectivity index (χ2v) is 7.89. The van der Waals surface area contributed by atoms with Crippen LogP contribution in [0.4, 0.5) is 14.6 Å². The fourth-order valence-corrected chi connectivity index (χ4v) is 4.81. The van der Waals surface area contributed by atoms with E-state index in [1.54, 1.807) is 16.9 Å². The van der Waals surface area contributed by atoms with Crippen LogP contribution in [0.15, 0.2) is 39.1 Å². The van der Waals surface area contributed by atoms with Crippen molar-refractivity contribution in [3.8, 4) is 0 Å². The van der Waals surface area contributed by atoms with Gasteiger partial charge in [0.25, 0.3) is 6.43 Å². The molecule has 0 amide bonds. The van der Waals surface area contributed by atoms with Crippen molar-refractivity contribution < 1.29 is 13.2 Å². The SMILES string of the molecule is Cc1c(C2CC=C(C(F)F)CC2)c(Br)n2nc(Cl)nc(NCc3ccco3)c12. The lowest BCUT2D eigenvalue weighted by atomic mass is 9.84. The lowest BCUT2D eigenvalue weighted by Gasteiger charge is -2.22. The van der Waals surface area contributed by atoms with Crippen LogP contribution in [-0.2, 0) is 6.54 Å². The predicted molar refractivity (Wildman–Crippen MR) is 107 cm³/mol. The topological polar surface area (TPSA) is 55.4 Å². The normalized spacial score (nSPS) is 17.4. The number of hydrogen-bond donors (Lipinski definition) is 1. The number of furan rings is 1. The minimum atomic E-state index is -2.37. The number of rotatable bonds is 5. The van der Waals surface area contributed by atoms with E-state index in [0.717, 1.165) is 27.0 Å². The summed E-state index contributed by atoms with van der Waals surface area (Å²) in [6, 6.07) is 3.69. The number of nitrogens with one attached hydrogen (secondary N) is 1. The molecular weight excluding hydrogens is 454 g/mol. The maximum absolute atomic E-state index is 12.9. The van der Waals surface area contributed by atoms with E-state index in [1.807, 2.05) is 19.1 Å². The molecule has 0 bridgehead atoms. The molecule has 1 aliphatic rings. The van der Waals surface area contributed by atoms with Crippen LogP contribution in [0.1, 0.15) is 42.1 Å². The smallest absolute Gasteiger partial charge is 0.259 e. The molecule has 28 heavy (non-hydrogen) atoms.